The number of nitrogens with one attached hydrogen (secondary N) is 2. The summed E-state index contributed by atoms with van der Waals surface area (Å²) in [6.45, 7) is 4.29. The zero-order valence-electron chi connectivity index (χ0n) is 18.8. The number of hydrogen-bond donors (Lipinski definition) is 2. The average Bonchev–Trinajstić information content (AvgIpc) is 3.20. The molecule has 0 aliphatic carbocycles. The minimum absolute atomic E-state index is 0. The summed E-state index contributed by atoms with van der Waals surface area (Å²) in [7, 11) is 1.83. The Hall–Kier alpha value is -3.35. The van der Waals surface area contributed by atoms with Gasteiger partial charge in [0.25, 0.3) is 0 Å². The second-order valence-corrected chi connectivity index (χ2v) is 7.80. The summed E-state index contributed by atoms with van der Waals surface area (Å²) >= 11 is 0. The van der Waals surface area contributed by atoms with Gasteiger partial charge in [0.2, 0.25) is 11.9 Å². The monoisotopic (exact) mass is 494 g/mol. The number of nitrogens with zero attached hydrogens (tertiary/aromatic N) is 6. The van der Waals surface area contributed by atoms with E-state index in [-0.39, 0.29) is 32.0 Å². The van der Waals surface area contributed by atoms with Crippen molar-refractivity contribution in [1.29, 1.82) is 0 Å². The zero-order chi connectivity index (χ0) is 23.8. The molecule has 0 aromatic carbocycles. The molecule has 13 heteroatoms. The molecule has 182 valence electrons. The van der Waals surface area contributed by atoms with Gasteiger partial charge in [-0.2, -0.15) is 36.7 Å². The van der Waals surface area contributed by atoms with Gasteiger partial charge in [0.05, 0.1) is 18.4 Å². The Balaban J connectivity index is 0.00000324. The van der Waals surface area contributed by atoms with Crippen molar-refractivity contribution in [2.75, 3.05) is 22.6 Å². The van der Waals surface area contributed by atoms with E-state index in [0.717, 1.165) is 17.8 Å². The molecule has 0 saturated heterocycles. The number of carbonyl (C=O) groups excluding carboxylic acids is 1. The van der Waals surface area contributed by atoms with Crippen LogP contribution in [0.15, 0.2) is 30.7 Å². The van der Waals surface area contributed by atoms with Gasteiger partial charge < -0.3 is 15.5 Å². The Morgan fingerprint density at radius 2 is 2.00 bits per heavy atom. The molecule has 3 aromatic rings. The van der Waals surface area contributed by atoms with Gasteiger partial charge in [-0.15, -0.1) is 0 Å². The van der Waals surface area contributed by atoms with E-state index in [2.05, 4.69) is 30.7 Å². The molecular weight excluding hydrogens is 469 g/mol. The summed E-state index contributed by atoms with van der Waals surface area (Å²) in [4.78, 5) is 26.5. The van der Waals surface area contributed by atoms with Gasteiger partial charge in [-0.1, -0.05) is 6.92 Å². The molecule has 0 saturated carbocycles. The van der Waals surface area contributed by atoms with Crippen LogP contribution in [0.3, 0.4) is 0 Å². The lowest BCUT2D eigenvalue weighted by atomic mass is 10.1. The third-order valence-electron chi connectivity index (χ3n) is 5.41. The fraction of sp³-hybridized carbons (Fsp3) is 0.381. The van der Waals surface area contributed by atoms with E-state index in [1.54, 1.807) is 24.0 Å². The summed E-state index contributed by atoms with van der Waals surface area (Å²) in [6.07, 6.45) is 0.669. The van der Waals surface area contributed by atoms with Crippen LogP contribution < -0.4 is 15.5 Å². The second kappa shape index (κ2) is 9.87. The van der Waals surface area contributed by atoms with Crippen molar-refractivity contribution >= 4 is 36.9 Å². The Bertz CT molecular complexity index is 1180. The number of aryl methyl sites for hydroxylation is 1. The predicted octanol–water partition coefficient (Wildman–Crippen LogP) is 3.34. The third kappa shape index (κ3) is 5.24. The van der Waals surface area contributed by atoms with E-state index < -0.39 is 11.9 Å². The van der Waals surface area contributed by atoms with Crippen LogP contribution in [0.1, 0.15) is 35.9 Å². The van der Waals surface area contributed by atoms with Crippen molar-refractivity contribution < 1.29 is 18.0 Å². The SMILES string of the molecule is CC[C@H]1C(=O)Nc2c(C)nc(NCc3cnn(Cc4ccnc(C(F)(F)F)c4)c3)nc2N1C.S. The fourth-order valence-corrected chi connectivity index (χ4v) is 3.71. The maximum Gasteiger partial charge on any atom is 0.433 e. The minimum Gasteiger partial charge on any atom is -0.350 e. The van der Waals surface area contributed by atoms with Crippen molar-refractivity contribution in [3.8, 4) is 0 Å². The normalized spacial score (nSPS) is 15.4. The smallest absolute Gasteiger partial charge is 0.350 e. The first-order valence-corrected chi connectivity index (χ1v) is 10.4. The number of rotatable bonds is 6. The molecule has 34 heavy (non-hydrogen) atoms. The Morgan fingerprint density at radius 3 is 2.71 bits per heavy atom. The van der Waals surface area contributed by atoms with Gasteiger partial charge in [-0.25, -0.2) is 4.98 Å². The Morgan fingerprint density at radius 1 is 1.24 bits per heavy atom. The number of fused-ring (bicyclic) bond motifs is 1. The highest BCUT2D eigenvalue weighted by Crippen LogP contribution is 2.33. The molecule has 1 atom stereocenters. The molecule has 9 nitrogen and oxygen atoms in total. The molecule has 0 radical (unpaired) electrons. The van der Waals surface area contributed by atoms with E-state index in [4.69, 9.17) is 0 Å². The van der Waals surface area contributed by atoms with E-state index in [1.165, 1.54) is 6.07 Å². The van der Waals surface area contributed by atoms with Crippen LogP contribution >= 0.6 is 13.5 Å². The highest BCUT2D eigenvalue weighted by molar-refractivity contribution is 7.59. The molecule has 2 N–H and O–H groups in total. The number of pyridine rings is 1. The number of amides is 1. The number of anilines is 3. The number of carbonyl (C=O) groups is 1. The molecule has 3 aromatic heterocycles. The van der Waals surface area contributed by atoms with Crippen molar-refractivity contribution in [3.63, 3.8) is 0 Å². The Kier molecular flexibility index (Phi) is 7.34. The molecule has 0 spiro atoms. The largest absolute Gasteiger partial charge is 0.433 e. The van der Waals surface area contributed by atoms with E-state index in [1.807, 2.05) is 18.9 Å². The van der Waals surface area contributed by atoms with E-state index >= 15 is 0 Å². The maximum absolute atomic E-state index is 12.9. The molecular formula is C21H25F3N8OS. The molecule has 1 amide bonds. The van der Waals surface area contributed by atoms with Crippen molar-refractivity contribution in [3.05, 3.63) is 53.2 Å². The molecule has 0 unspecified atom stereocenters. The molecule has 1 aliphatic rings. The first kappa shape index (κ1) is 25.3. The maximum atomic E-state index is 12.9. The summed E-state index contributed by atoms with van der Waals surface area (Å²) in [6, 6.07) is 2.24. The Labute approximate surface area is 201 Å². The van der Waals surface area contributed by atoms with Gasteiger partial charge in [-0.05, 0) is 31.0 Å². The van der Waals surface area contributed by atoms with Crippen LogP contribution in [0.2, 0.25) is 0 Å². The third-order valence-corrected chi connectivity index (χ3v) is 5.41. The van der Waals surface area contributed by atoms with Crippen molar-refractivity contribution in [2.45, 2.75) is 45.6 Å². The second-order valence-electron chi connectivity index (χ2n) is 7.80. The predicted molar refractivity (Wildman–Crippen MR) is 126 cm³/mol. The van der Waals surface area contributed by atoms with Crippen LogP contribution in [0.4, 0.5) is 30.6 Å². The quantitative estimate of drug-likeness (QED) is 0.542. The number of hydrogen-bond acceptors (Lipinski definition) is 7. The van der Waals surface area contributed by atoms with Crippen molar-refractivity contribution in [1.82, 2.24) is 24.7 Å². The lowest BCUT2D eigenvalue weighted by Gasteiger charge is -2.34. The van der Waals surface area contributed by atoms with E-state index in [9.17, 15) is 18.0 Å². The van der Waals surface area contributed by atoms with Gasteiger partial charge >= 0.3 is 6.18 Å². The number of likely N-dealkylation sites (N-methyl/N-ethyl adjacent to an activating group) is 1. The fourth-order valence-electron chi connectivity index (χ4n) is 3.71. The summed E-state index contributed by atoms with van der Waals surface area (Å²) in [5, 5.41) is 10.3. The highest BCUT2D eigenvalue weighted by atomic mass is 32.1. The number of alkyl halides is 3. The lowest BCUT2D eigenvalue weighted by Crippen LogP contribution is -2.46. The number of aromatic nitrogens is 5. The van der Waals surface area contributed by atoms with Gasteiger partial charge in [0.1, 0.15) is 17.4 Å². The number of halogens is 3. The average molecular weight is 495 g/mol. The highest BCUT2D eigenvalue weighted by Gasteiger charge is 2.33. The van der Waals surface area contributed by atoms with E-state index in [0.29, 0.717) is 41.7 Å². The summed E-state index contributed by atoms with van der Waals surface area (Å²) < 4.78 is 40.1. The van der Waals surface area contributed by atoms with Gasteiger partial charge in [-0.3, -0.25) is 14.5 Å². The van der Waals surface area contributed by atoms with Crippen LogP contribution in [0.25, 0.3) is 0 Å². The molecule has 0 bridgehead atoms. The lowest BCUT2D eigenvalue weighted by molar-refractivity contribution is -0.141. The van der Waals surface area contributed by atoms with Crippen LogP contribution in [0, 0.1) is 6.92 Å². The van der Waals surface area contributed by atoms with Crippen LogP contribution in [-0.4, -0.2) is 43.7 Å². The molecule has 1 aliphatic heterocycles. The molecule has 4 rings (SSSR count). The van der Waals surface area contributed by atoms with Crippen LogP contribution in [-0.2, 0) is 24.1 Å². The molecule has 0 fully saturated rings. The van der Waals surface area contributed by atoms with Crippen LogP contribution in [0.5, 0.6) is 0 Å². The topological polar surface area (TPSA) is 101 Å². The standard InChI is InChI=1S/C21H23F3N8O.H2S/c1-4-15-19(33)29-17-12(2)28-20(30-18(17)31(15)3)26-8-14-9-27-32(11-14)10-13-5-6-25-16(7-13)21(22,23)24;/h5-7,9,11,15H,4,8,10H2,1-3H3,(H,29,33)(H,26,28,30);1H2/t15-;/m0./s1. The minimum atomic E-state index is -4.49. The van der Waals surface area contributed by atoms with Gasteiger partial charge in [0, 0.05) is 31.5 Å². The van der Waals surface area contributed by atoms with Gasteiger partial charge in [0.15, 0.2) is 5.82 Å². The summed E-state index contributed by atoms with van der Waals surface area (Å²) in [5.41, 5.74) is 1.57. The molecule has 4 heterocycles. The van der Waals surface area contributed by atoms with Crippen molar-refractivity contribution in [2.24, 2.45) is 0 Å². The first-order valence-electron chi connectivity index (χ1n) is 10.4. The first-order chi connectivity index (χ1) is 15.7. The zero-order valence-corrected chi connectivity index (χ0v) is 19.8. The summed E-state index contributed by atoms with van der Waals surface area (Å²) in [5.74, 6) is 0.968.